The van der Waals surface area contributed by atoms with Crippen LogP contribution in [0.1, 0.15) is 42.4 Å². The quantitative estimate of drug-likeness (QED) is 0.475. The van der Waals surface area contributed by atoms with Crippen LogP contribution in [0.4, 0.5) is 0 Å². The van der Waals surface area contributed by atoms with Crippen molar-refractivity contribution in [3.05, 3.63) is 71.3 Å². The molecule has 1 spiro atoms. The molecule has 22 heavy (non-hydrogen) atoms. The number of aryl methyl sites for hydroxylation is 1. The minimum atomic E-state index is 0.261. The SMILES string of the molecule is Cc1ccc2cccc3c2c1-c1ccccc1C31CCCC1. The van der Waals surface area contributed by atoms with Crippen LogP contribution >= 0.6 is 0 Å². The van der Waals surface area contributed by atoms with Crippen molar-refractivity contribution in [1.29, 1.82) is 0 Å². The molecule has 2 aliphatic rings. The lowest BCUT2D eigenvalue weighted by molar-refractivity contribution is 0.538. The van der Waals surface area contributed by atoms with E-state index in [4.69, 9.17) is 0 Å². The predicted molar refractivity (Wildman–Crippen MR) is 93.4 cm³/mol. The second-order valence-corrected chi connectivity index (χ2v) is 7.00. The summed E-state index contributed by atoms with van der Waals surface area (Å²) in [4.78, 5) is 0. The Kier molecular flexibility index (Phi) is 2.39. The van der Waals surface area contributed by atoms with Crippen LogP contribution < -0.4 is 0 Å². The molecule has 0 heterocycles. The van der Waals surface area contributed by atoms with Gasteiger partial charge in [0.15, 0.2) is 0 Å². The fourth-order valence-electron chi connectivity index (χ4n) is 5.01. The first-order valence-electron chi connectivity index (χ1n) is 8.44. The minimum absolute atomic E-state index is 0.261. The van der Waals surface area contributed by atoms with E-state index in [2.05, 4.69) is 61.5 Å². The summed E-state index contributed by atoms with van der Waals surface area (Å²) >= 11 is 0. The Labute approximate surface area is 131 Å². The van der Waals surface area contributed by atoms with E-state index in [1.54, 1.807) is 11.1 Å². The fraction of sp³-hybridized carbons (Fsp3) is 0.273. The summed E-state index contributed by atoms with van der Waals surface area (Å²) < 4.78 is 0. The van der Waals surface area contributed by atoms with Gasteiger partial charge >= 0.3 is 0 Å². The fourth-order valence-corrected chi connectivity index (χ4v) is 5.01. The minimum Gasteiger partial charge on any atom is -0.0619 e. The largest absolute Gasteiger partial charge is 0.0619 e. The number of rotatable bonds is 0. The van der Waals surface area contributed by atoms with Gasteiger partial charge in [0, 0.05) is 5.41 Å². The zero-order valence-corrected chi connectivity index (χ0v) is 13.0. The Morgan fingerprint density at radius 1 is 0.773 bits per heavy atom. The third-order valence-electron chi connectivity index (χ3n) is 5.94. The summed E-state index contributed by atoms with van der Waals surface area (Å²) in [7, 11) is 0. The van der Waals surface area contributed by atoms with E-state index in [0.717, 1.165) is 0 Å². The average Bonchev–Trinajstić information content (AvgIpc) is 3.04. The van der Waals surface area contributed by atoms with Gasteiger partial charge in [-0.1, -0.05) is 67.4 Å². The van der Waals surface area contributed by atoms with Crippen LogP contribution in [0.5, 0.6) is 0 Å². The topological polar surface area (TPSA) is 0 Å². The Morgan fingerprint density at radius 2 is 1.55 bits per heavy atom. The van der Waals surface area contributed by atoms with Crippen molar-refractivity contribution in [2.45, 2.75) is 38.0 Å². The summed E-state index contributed by atoms with van der Waals surface area (Å²) in [5, 5.41) is 2.92. The Balaban J connectivity index is 2.04. The number of hydrogen-bond acceptors (Lipinski definition) is 0. The van der Waals surface area contributed by atoms with E-state index in [0.29, 0.717) is 0 Å². The summed E-state index contributed by atoms with van der Waals surface area (Å²) in [6.07, 6.45) is 5.31. The number of fused-ring (bicyclic) bond motifs is 4. The Morgan fingerprint density at radius 3 is 2.41 bits per heavy atom. The molecule has 0 radical (unpaired) electrons. The van der Waals surface area contributed by atoms with Gasteiger partial charge in [0.05, 0.1) is 0 Å². The molecule has 0 N–H and O–H groups in total. The van der Waals surface area contributed by atoms with Crippen LogP contribution in [-0.4, -0.2) is 0 Å². The Hall–Kier alpha value is -2.08. The van der Waals surface area contributed by atoms with Crippen LogP contribution in [0.25, 0.3) is 21.9 Å². The summed E-state index contributed by atoms with van der Waals surface area (Å²) in [5.41, 5.74) is 7.77. The molecular weight excluding hydrogens is 264 g/mol. The molecule has 0 aliphatic heterocycles. The van der Waals surface area contributed by atoms with E-state index in [1.165, 1.54) is 53.1 Å². The van der Waals surface area contributed by atoms with Gasteiger partial charge in [-0.15, -0.1) is 0 Å². The average molecular weight is 284 g/mol. The highest BCUT2D eigenvalue weighted by Crippen LogP contribution is 2.56. The maximum atomic E-state index is 2.40. The molecule has 0 atom stereocenters. The summed E-state index contributed by atoms with van der Waals surface area (Å²) in [5.74, 6) is 0. The molecule has 0 nitrogen and oxygen atoms in total. The molecule has 0 heteroatoms. The van der Waals surface area contributed by atoms with Crippen LogP contribution in [-0.2, 0) is 5.41 Å². The van der Waals surface area contributed by atoms with Crippen molar-refractivity contribution in [2.24, 2.45) is 0 Å². The van der Waals surface area contributed by atoms with E-state index in [1.807, 2.05) is 0 Å². The van der Waals surface area contributed by atoms with Crippen LogP contribution in [0.15, 0.2) is 54.6 Å². The van der Waals surface area contributed by atoms with Crippen molar-refractivity contribution >= 4 is 10.8 Å². The molecule has 1 saturated carbocycles. The van der Waals surface area contributed by atoms with E-state index in [-0.39, 0.29) is 5.41 Å². The van der Waals surface area contributed by atoms with Crippen molar-refractivity contribution < 1.29 is 0 Å². The highest BCUT2D eigenvalue weighted by Gasteiger charge is 2.42. The van der Waals surface area contributed by atoms with Crippen LogP contribution in [0.2, 0.25) is 0 Å². The van der Waals surface area contributed by atoms with E-state index >= 15 is 0 Å². The van der Waals surface area contributed by atoms with E-state index in [9.17, 15) is 0 Å². The molecule has 0 bridgehead atoms. The third kappa shape index (κ3) is 1.38. The Bertz CT molecular complexity index is 895. The van der Waals surface area contributed by atoms with Gasteiger partial charge in [0.1, 0.15) is 0 Å². The zero-order valence-electron chi connectivity index (χ0n) is 13.0. The molecule has 5 rings (SSSR count). The van der Waals surface area contributed by atoms with E-state index < -0.39 is 0 Å². The van der Waals surface area contributed by atoms with Gasteiger partial charge < -0.3 is 0 Å². The molecule has 0 amide bonds. The van der Waals surface area contributed by atoms with Gasteiger partial charge in [-0.25, -0.2) is 0 Å². The molecule has 3 aromatic rings. The molecular formula is C22H20. The second kappa shape index (κ2) is 4.23. The molecule has 0 aromatic heterocycles. The number of hydrogen-bond donors (Lipinski definition) is 0. The summed E-state index contributed by atoms with van der Waals surface area (Å²) in [6, 6.07) is 20.7. The maximum Gasteiger partial charge on any atom is 0.0215 e. The van der Waals surface area contributed by atoms with Crippen molar-refractivity contribution in [3.8, 4) is 11.1 Å². The second-order valence-electron chi connectivity index (χ2n) is 7.00. The third-order valence-corrected chi connectivity index (χ3v) is 5.94. The highest BCUT2D eigenvalue weighted by molar-refractivity contribution is 6.04. The van der Waals surface area contributed by atoms with Gasteiger partial charge in [0.25, 0.3) is 0 Å². The molecule has 2 aliphatic carbocycles. The number of benzene rings is 3. The van der Waals surface area contributed by atoms with Gasteiger partial charge in [0.2, 0.25) is 0 Å². The lowest BCUT2D eigenvalue weighted by atomic mass is 9.65. The molecule has 108 valence electrons. The smallest absolute Gasteiger partial charge is 0.0215 e. The zero-order chi connectivity index (χ0) is 14.7. The first kappa shape index (κ1) is 12.5. The van der Waals surface area contributed by atoms with Crippen LogP contribution in [0, 0.1) is 6.92 Å². The first-order chi connectivity index (χ1) is 10.8. The summed E-state index contributed by atoms with van der Waals surface area (Å²) in [6.45, 7) is 2.26. The molecule has 0 unspecified atom stereocenters. The molecule has 1 fully saturated rings. The monoisotopic (exact) mass is 284 g/mol. The molecule has 0 saturated heterocycles. The maximum absolute atomic E-state index is 2.40. The predicted octanol–water partition coefficient (Wildman–Crippen LogP) is 5.99. The van der Waals surface area contributed by atoms with Gasteiger partial charge in [-0.3, -0.25) is 0 Å². The van der Waals surface area contributed by atoms with Gasteiger partial charge in [-0.2, -0.15) is 0 Å². The van der Waals surface area contributed by atoms with Crippen molar-refractivity contribution in [2.75, 3.05) is 0 Å². The van der Waals surface area contributed by atoms with Crippen molar-refractivity contribution in [3.63, 3.8) is 0 Å². The standard InChI is InChI=1S/C22H20/c1-15-11-12-16-7-6-10-19-21(16)20(15)17-8-2-3-9-18(17)22(19)13-4-5-14-22/h2-3,6-12H,4-5,13-14H2,1H3. The normalized spacial score (nSPS) is 17.9. The van der Waals surface area contributed by atoms with Crippen LogP contribution in [0.3, 0.4) is 0 Å². The van der Waals surface area contributed by atoms with Gasteiger partial charge in [-0.05, 0) is 58.4 Å². The lowest BCUT2D eigenvalue weighted by Crippen LogP contribution is -2.27. The molecule has 3 aromatic carbocycles. The first-order valence-corrected chi connectivity index (χ1v) is 8.44. The highest BCUT2D eigenvalue weighted by atomic mass is 14.5. The lowest BCUT2D eigenvalue weighted by Gasteiger charge is -2.38. The van der Waals surface area contributed by atoms with Crippen molar-refractivity contribution in [1.82, 2.24) is 0 Å².